The molecule has 0 atom stereocenters. The van der Waals surface area contributed by atoms with Crippen molar-refractivity contribution in [3.63, 3.8) is 0 Å². The van der Waals surface area contributed by atoms with Crippen molar-refractivity contribution >= 4 is 50.7 Å². The first-order valence-corrected chi connectivity index (χ1v) is 12.2. The zero-order chi connectivity index (χ0) is 25.8. The van der Waals surface area contributed by atoms with Crippen LogP contribution < -0.4 is 13.8 Å². The number of sulfonamides is 1. The van der Waals surface area contributed by atoms with Gasteiger partial charge >= 0.3 is 5.97 Å². The van der Waals surface area contributed by atoms with Crippen molar-refractivity contribution in [1.82, 2.24) is 0 Å². The standard InChI is InChI=1S/C24H21Cl2NO7S/c1-27(20-12-19(26)22(32-2)13-23(20)33-3)35(30,31)18-6-4-5-16(11-18)24(29)34-14-21(28)15-7-9-17(25)10-8-15/h4-13H,14H2,1-3H3. The molecule has 0 unspecified atom stereocenters. The number of hydrogen-bond acceptors (Lipinski definition) is 7. The first kappa shape index (κ1) is 26.3. The highest BCUT2D eigenvalue weighted by Crippen LogP contribution is 2.39. The Hall–Kier alpha value is -3.27. The van der Waals surface area contributed by atoms with Gasteiger partial charge < -0.3 is 14.2 Å². The van der Waals surface area contributed by atoms with Crippen LogP contribution in [0.25, 0.3) is 0 Å². The molecule has 3 rings (SSSR count). The summed E-state index contributed by atoms with van der Waals surface area (Å²) in [6.45, 7) is -0.515. The Morgan fingerprint density at radius 1 is 0.886 bits per heavy atom. The van der Waals surface area contributed by atoms with E-state index < -0.39 is 28.4 Å². The van der Waals surface area contributed by atoms with Gasteiger partial charge in [0.1, 0.15) is 11.5 Å². The summed E-state index contributed by atoms with van der Waals surface area (Å²) in [7, 11) is 0.00503. The number of carbonyl (C=O) groups is 2. The maximum absolute atomic E-state index is 13.3. The zero-order valence-electron chi connectivity index (χ0n) is 18.9. The SMILES string of the molecule is COc1cc(OC)c(N(C)S(=O)(=O)c2cccc(C(=O)OCC(=O)c3ccc(Cl)cc3)c2)cc1Cl. The number of rotatable bonds is 9. The van der Waals surface area contributed by atoms with Crippen molar-refractivity contribution in [3.8, 4) is 11.5 Å². The smallest absolute Gasteiger partial charge is 0.338 e. The molecule has 11 heteroatoms. The second kappa shape index (κ2) is 11.0. The molecule has 0 saturated heterocycles. The maximum atomic E-state index is 13.3. The van der Waals surface area contributed by atoms with Gasteiger partial charge in [-0.1, -0.05) is 29.3 Å². The average Bonchev–Trinajstić information content (AvgIpc) is 2.86. The van der Waals surface area contributed by atoms with E-state index in [1.807, 2.05) is 0 Å². The average molecular weight is 538 g/mol. The lowest BCUT2D eigenvalue weighted by Crippen LogP contribution is -2.27. The van der Waals surface area contributed by atoms with Gasteiger partial charge in [0.05, 0.1) is 35.4 Å². The summed E-state index contributed by atoms with van der Waals surface area (Å²) in [5.74, 6) is -0.747. The van der Waals surface area contributed by atoms with E-state index in [-0.39, 0.29) is 26.9 Å². The quantitative estimate of drug-likeness (QED) is 0.283. The van der Waals surface area contributed by atoms with E-state index in [1.165, 1.54) is 69.8 Å². The predicted octanol–water partition coefficient (Wildman–Crippen LogP) is 4.88. The highest BCUT2D eigenvalue weighted by atomic mass is 35.5. The molecular weight excluding hydrogens is 517 g/mol. The molecule has 0 N–H and O–H groups in total. The van der Waals surface area contributed by atoms with Crippen LogP contribution in [0.2, 0.25) is 10.0 Å². The number of ether oxygens (including phenoxy) is 3. The van der Waals surface area contributed by atoms with Crippen molar-refractivity contribution < 1.29 is 32.2 Å². The Kier molecular flexibility index (Phi) is 8.26. The molecule has 184 valence electrons. The highest BCUT2D eigenvalue weighted by Gasteiger charge is 2.26. The largest absolute Gasteiger partial charge is 0.495 e. The van der Waals surface area contributed by atoms with Crippen LogP contribution in [0.3, 0.4) is 0 Å². The third-order valence-corrected chi connectivity index (χ3v) is 7.34. The van der Waals surface area contributed by atoms with Crippen LogP contribution in [0.5, 0.6) is 11.5 Å². The fraction of sp³-hybridized carbons (Fsp3) is 0.167. The van der Waals surface area contributed by atoms with Gasteiger partial charge in [0, 0.05) is 23.7 Å². The molecule has 0 heterocycles. The zero-order valence-corrected chi connectivity index (χ0v) is 21.3. The Labute approximate surface area is 213 Å². The lowest BCUT2D eigenvalue weighted by atomic mass is 10.1. The number of esters is 1. The summed E-state index contributed by atoms with van der Waals surface area (Å²) in [6.07, 6.45) is 0. The van der Waals surface area contributed by atoms with E-state index in [0.717, 1.165) is 4.31 Å². The molecule has 0 aliphatic carbocycles. The molecule has 0 radical (unpaired) electrons. The molecular formula is C24H21Cl2NO7S. The third-order valence-electron chi connectivity index (χ3n) is 5.02. The fourth-order valence-corrected chi connectivity index (χ4v) is 4.70. The van der Waals surface area contributed by atoms with Crippen LogP contribution in [0, 0.1) is 0 Å². The maximum Gasteiger partial charge on any atom is 0.338 e. The van der Waals surface area contributed by atoms with Gasteiger partial charge in [-0.15, -0.1) is 0 Å². The van der Waals surface area contributed by atoms with Gasteiger partial charge in [-0.25, -0.2) is 13.2 Å². The highest BCUT2D eigenvalue weighted by molar-refractivity contribution is 7.92. The fourth-order valence-electron chi connectivity index (χ4n) is 3.09. The van der Waals surface area contributed by atoms with E-state index >= 15 is 0 Å². The van der Waals surface area contributed by atoms with Gasteiger partial charge in [0.2, 0.25) is 0 Å². The predicted molar refractivity (Wildman–Crippen MR) is 133 cm³/mol. The number of hydrogen-bond donors (Lipinski definition) is 0. The van der Waals surface area contributed by atoms with Crippen LogP contribution in [0.1, 0.15) is 20.7 Å². The number of nitrogens with zero attached hydrogens (tertiary/aromatic N) is 1. The van der Waals surface area contributed by atoms with Crippen molar-refractivity contribution in [3.05, 3.63) is 81.8 Å². The summed E-state index contributed by atoms with van der Waals surface area (Å²) in [5.41, 5.74) is 0.454. The minimum absolute atomic E-state index is 0.0388. The molecule has 35 heavy (non-hydrogen) atoms. The summed E-state index contributed by atoms with van der Waals surface area (Å²) < 4.78 is 43.1. The minimum Gasteiger partial charge on any atom is -0.495 e. The minimum atomic E-state index is -4.13. The molecule has 0 amide bonds. The lowest BCUT2D eigenvalue weighted by Gasteiger charge is -2.23. The molecule has 0 spiro atoms. The first-order chi connectivity index (χ1) is 16.6. The number of carbonyl (C=O) groups excluding carboxylic acids is 2. The van der Waals surface area contributed by atoms with Crippen LogP contribution >= 0.6 is 23.2 Å². The normalized spacial score (nSPS) is 11.0. The van der Waals surface area contributed by atoms with Crippen LogP contribution in [-0.4, -0.2) is 48.0 Å². The van der Waals surface area contributed by atoms with Gasteiger partial charge in [-0.05, 0) is 48.5 Å². The second-order valence-corrected chi connectivity index (χ2v) is 9.98. The summed E-state index contributed by atoms with van der Waals surface area (Å²) in [6, 6.07) is 14.3. The van der Waals surface area contributed by atoms with E-state index in [4.69, 9.17) is 37.4 Å². The van der Waals surface area contributed by atoms with Crippen molar-refractivity contribution in [2.75, 3.05) is 32.2 Å². The Morgan fingerprint density at radius 2 is 1.54 bits per heavy atom. The van der Waals surface area contributed by atoms with Crippen molar-refractivity contribution in [2.24, 2.45) is 0 Å². The molecule has 0 saturated carbocycles. The molecule has 0 bridgehead atoms. The topological polar surface area (TPSA) is 99.2 Å². The number of Topliss-reactive ketones (excluding diaryl/α,β-unsaturated/α-hetero) is 1. The molecule has 8 nitrogen and oxygen atoms in total. The van der Waals surface area contributed by atoms with Gasteiger partial charge in [-0.2, -0.15) is 0 Å². The van der Waals surface area contributed by atoms with Gasteiger partial charge in [0.15, 0.2) is 12.4 Å². The summed E-state index contributed by atoms with van der Waals surface area (Å²) in [4.78, 5) is 24.6. The van der Waals surface area contributed by atoms with E-state index in [2.05, 4.69) is 0 Å². The number of halogens is 2. The lowest BCUT2D eigenvalue weighted by molar-refractivity contribution is 0.0474. The molecule has 3 aromatic carbocycles. The van der Waals surface area contributed by atoms with E-state index in [0.29, 0.717) is 16.3 Å². The van der Waals surface area contributed by atoms with Crippen molar-refractivity contribution in [2.45, 2.75) is 4.90 Å². The molecule has 0 aliphatic heterocycles. The molecule has 0 fully saturated rings. The second-order valence-electron chi connectivity index (χ2n) is 7.17. The Bertz CT molecular complexity index is 1360. The van der Waals surface area contributed by atoms with Crippen LogP contribution in [0.4, 0.5) is 5.69 Å². The Morgan fingerprint density at radius 3 is 2.17 bits per heavy atom. The summed E-state index contributed by atoms with van der Waals surface area (Å²) in [5, 5.41) is 0.657. The molecule has 3 aromatic rings. The number of methoxy groups -OCH3 is 2. The third kappa shape index (κ3) is 5.87. The number of ketones is 1. The summed E-state index contributed by atoms with van der Waals surface area (Å²) >= 11 is 12.0. The van der Waals surface area contributed by atoms with E-state index in [9.17, 15) is 18.0 Å². The Balaban J connectivity index is 1.82. The monoisotopic (exact) mass is 537 g/mol. The van der Waals surface area contributed by atoms with Gasteiger partial charge in [0.25, 0.3) is 10.0 Å². The van der Waals surface area contributed by atoms with Crippen LogP contribution in [-0.2, 0) is 14.8 Å². The number of anilines is 1. The van der Waals surface area contributed by atoms with Crippen LogP contribution in [0.15, 0.2) is 65.6 Å². The first-order valence-electron chi connectivity index (χ1n) is 10.0. The molecule has 0 aliphatic rings. The van der Waals surface area contributed by atoms with E-state index in [1.54, 1.807) is 12.1 Å². The number of benzene rings is 3. The van der Waals surface area contributed by atoms with Gasteiger partial charge in [-0.3, -0.25) is 9.10 Å². The van der Waals surface area contributed by atoms with Crippen molar-refractivity contribution in [1.29, 1.82) is 0 Å². The molecule has 0 aromatic heterocycles.